The van der Waals surface area contributed by atoms with Crippen LogP contribution in [-0.4, -0.2) is 0 Å². The van der Waals surface area contributed by atoms with E-state index in [0.717, 1.165) is 57.4 Å². The van der Waals surface area contributed by atoms with Gasteiger partial charge in [-0.05, 0) is 124 Å². The number of para-hydroxylation sites is 1. The van der Waals surface area contributed by atoms with Crippen LogP contribution in [0.3, 0.4) is 0 Å². The molecule has 64 heavy (non-hydrogen) atoms. The van der Waals surface area contributed by atoms with Gasteiger partial charge in [-0.15, -0.1) is 22.7 Å². The van der Waals surface area contributed by atoms with E-state index in [0.29, 0.717) is 0 Å². The van der Waals surface area contributed by atoms with E-state index in [1.165, 1.54) is 79.3 Å². The molecule has 0 spiro atoms. The molecule has 302 valence electrons. The predicted octanol–water partition coefficient (Wildman–Crippen LogP) is 18.4. The van der Waals surface area contributed by atoms with Crippen LogP contribution >= 0.6 is 22.7 Å². The number of rotatable bonds is 7. The molecule has 0 radical (unpaired) electrons. The van der Waals surface area contributed by atoms with Crippen molar-refractivity contribution in [3.8, 4) is 22.3 Å². The first-order valence-electron chi connectivity index (χ1n) is 22.0. The quantitative estimate of drug-likeness (QED) is 0.159. The Morgan fingerprint density at radius 2 is 0.844 bits per heavy atom. The lowest BCUT2D eigenvalue weighted by molar-refractivity contribution is 0.669. The molecule has 1 aliphatic carbocycles. The average molecular weight is 854 g/mol. The third-order valence-electron chi connectivity index (χ3n) is 13.0. The van der Waals surface area contributed by atoms with Crippen molar-refractivity contribution in [1.29, 1.82) is 0 Å². The lowest BCUT2D eigenvalue weighted by Gasteiger charge is -2.26. The number of hydrogen-bond donors (Lipinski definition) is 0. The summed E-state index contributed by atoms with van der Waals surface area (Å²) in [6.45, 7) is 0. The molecule has 0 unspecified atom stereocenters. The molecule has 0 bridgehead atoms. The Morgan fingerprint density at radius 3 is 1.56 bits per heavy atom. The zero-order valence-electron chi connectivity index (χ0n) is 34.8. The molecule has 1 aliphatic rings. The fraction of sp³-hybridized carbons (Fsp3) is 0.0333. The molecule has 0 atom stereocenters. The summed E-state index contributed by atoms with van der Waals surface area (Å²) in [6.07, 6.45) is 6.96. The van der Waals surface area contributed by atoms with Crippen LogP contribution < -0.4 is 4.90 Å². The number of hydrogen-bond acceptors (Lipinski definition) is 4. The zero-order chi connectivity index (χ0) is 42.1. The van der Waals surface area contributed by atoms with Crippen molar-refractivity contribution in [2.75, 3.05) is 4.90 Å². The van der Waals surface area contributed by atoms with Crippen LogP contribution in [0.15, 0.2) is 217 Å². The highest BCUT2D eigenvalue weighted by Crippen LogP contribution is 2.46. The van der Waals surface area contributed by atoms with Crippen molar-refractivity contribution >= 4 is 113 Å². The Bertz CT molecular complexity index is 3670. The van der Waals surface area contributed by atoms with Crippen LogP contribution in [-0.2, 0) is 0 Å². The smallest absolute Gasteiger partial charge is 0.136 e. The van der Waals surface area contributed by atoms with E-state index >= 15 is 0 Å². The van der Waals surface area contributed by atoms with Crippen molar-refractivity contribution in [2.45, 2.75) is 12.8 Å². The summed E-state index contributed by atoms with van der Waals surface area (Å²) >= 11 is 3.77. The molecular formula is C60H39NOS2. The zero-order valence-corrected chi connectivity index (χ0v) is 36.4. The summed E-state index contributed by atoms with van der Waals surface area (Å²) in [5.74, 6) is 0. The Hall–Kier alpha value is -7.50. The summed E-state index contributed by atoms with van der Waals surface area (Å²) in [7, 11) is 0. The third-order valence-corrected chi connectivity index (χ3v) is 15.3. The Morgan fingerprint density at radius 1 is 0.344 bits per heavy atom. The number of anilines is 3. The summed E-state index contributed by atoms with van der Waals surface area (Å²) < 4.78 is 11.6. The van der Waals surface area contributed by atoms with E-state index in [2.05, 4.69) is 205 Å². The number of benzene rings is 9. The van der Waals surface area contributed by atoms with Gasteiger partial charge in [0, 0.05) is 68.2 Å². The highest BCUT2D eigenvalue weighted by atomic mass is 32.1. The van der Waals surface area contributed by atoms with Gasteiger partial charge >= 0.3 is 0 Å². The van der Waals surface area contributed by atoms with Crippen LogP contribution in [0.2, 0.25) is 0 Å². The highest BCUT2D eigenvalue weighted by molar-refractivity contribution is 7.26. The minimum Gasteiger partial charge on any atom is -0.456 e. The second kappa shape index (κ2) is 15.1. The van der Waals surface area contributed by atoms with Gasteiger partial charge in [-0.25, -0.2) is 0 Å². The van der Waals surface area contributed by atoms with Crippen LogP contribution in [0.4, 0.5) is 17.1 Å². The first-order chi connectivity index (χ1) is 31.7. The Balaban J connectivity index is 0.900. The van der Waals surface area contributed by atoms with Gasteiger partial charge in [0.15, 0.2) is 0 Å². The molecule has 12 aromatic rings. The van der Waals surface area contributed by atoms with Crippen LogP contribution in [0.1, 0.15) is 24.0 Å². The second-order valence-corrected chi connectivity index (χ2v) is 18.8. The molecule has 13 rings (SSSR count). The average Bonchev–Trinajstić information content (AvgIpc) is 4.06. The fourth-order valence-corrected chi connectivity index (χ4v) is 12.4. The minimum absolute atomic E-state index is 0.905. The van der Waals surface area contributed by atoms with Crippen molar-refractivity contribution in [2.24, 2.45) is 0 Å². The van der Waals surface area contributed by atoms with Crippen molar-refractivity contribution in [1.82, 2.24) is 0 Å². The number of nitrogens with zero attached hydrogens (tertiary/aromatic N) is 1. The van der Waals surface area contributed by atoms with E-state index in [1.807, 2.05) is 34.8 Å². The van der Waals surface area contributed by atoms with Crippen LogP contribution in [0.25, 0.3) is 95.7 Å². The second-order valence-electron chi connectivity index (χ2n) is 16.6. The molecule has 9 aromatic carbocycles. The first kappa shape index (κ1) is 37.1. The van der Waals surface area contributed by atoms with Crippen LogP contribution in [0.5, 0.6) is 0 Å². The molecule has 2 nitrogen and oxygen atoms in total. The molecule has 0 N–H and O–H groups in total. The number of furan rings is 1. The maximum Gasteiger partial charge on any atom is 0.136 e. The van der Waals surface area contributed by atoms with Gasteiger partial charge in [-0.3, -0.25) is 0 Å². The van der Waals surface area contributed by atoms with E-state index in [1.54, 1.807) is 0 Å². The van der Waals surface area contributed by atoms with Crippen molar-refractivity contribution in [3.63, 3.8) is 0 Å². The molecular weight excluding hydrogens is 815 g/mol. The first-order valence-corrected chi connectivity index (χ1v) is 23.6. The highest BCUT2D eigenvalue weighted by Gasteiger charge is 2.20. The van der Waals surface area contributed by atoms with Gasteiger partial charge in [0.1, 0.15) is 11.2 Å². The van der Waals surface area contributed by atoms with E-state index in [9.17, 15) is 0 Å². The molecule has 0 saturated heterocycles. The fourth-order valence-electron chi connectivity index (χ4n) is 10.0. The molecule has 0 fully saturated rings. The largest absolute Gasteiger partial charge is 0.456 e. The van der Waals surface area contributed by atoms with Gasteiger partial charge in [0.2, 0.25) is 0 Å². The number of thiophene rings is 2. The molecule has 3 heterocycles. The minimum atomic E-state index is 0.905. The number of allylic oxidation sites excluding steroid dienone is 4. The van der Waals surface area contributed by atoms with Gasteiger partial charge in [0.25, 0.3) is 0 Å². The summed E-state index contributed by atoms with van der Waals surface area (Å²) in [5.41, 5.74) is 15.1. The number of fused-ring (bicyclic) bond motifs is 9. The molecule has 4 heteroatoms. The van der Waals surface area contributed by atoms with Gasteiger partial charge in [-0.1, -0.05) is 146 Å². The van der Waals surface area contributed by atoms with Gasteiger partial charge < -0.3 is 9.32 Å². The Labute approximate surface area is 378 Å². The summed E-state index contributed by atoms with van der Waals surface area (Å²) in [4.78, 5) is 2.38. The Kier molecular flexibility index (Phi) is 8.75. The standard InChI is InChI=1S/C60H39NOS2/c1-2-13-47(49-19-9-20-50-48-14-4-7-23-55(48)64-60(49)50)44(12-1)38-26-32-41(33-27-38)61(42-34-28-39(29-35-42)45-17-10-22-54-58(45)51-15-3-6-21-53(51)62-54)43-36-30-40(31-37-43)46-18-11-25-57-59(46)52-16-5-8-24-56(52)63-57/h3-37H,1-2H2. The van der Waals surface area contributed by atoms with E-state index in [4.69, 9.17) is 4.42 Å². The SMILES string of the molecule is C1=C(c2ccc(N(c3ccc(-c4cccc5oc6ccccc6c45)cc3)c3ccc(-c4cccc5sc6ccccc6c45)cc3)cc2)C(c2cccc3c2sc2ccccc23)=CCC1. The van der Waals surface area contributed by atoms with Crippen molar-refractivity contribution < 1.29 is 4.42 Å². The normalized spacial score (nSPS) is 13.1. The van der Waals surface area contributed by atoms with E-state index in [-0.39, 0.29) is 0 Å². The third kappa shape index (κ3) is 6.06. The van der Waals surface area contributed by atoms with Crippen molar-refractivity contribution in [3.05, 3.63) is 223 Å². The molecule has 0 aliphatic heterocycles. The van der Waals surface area contributed by atoms with Gasteiger partial charge in [0.05, 0.1) is 0 Å². The maximum atomic E-state index is 6.28. The topological polar surface area (TPSA) is 16.4 Å². The van der Waals surface area contributed by atoms with Crippen LogP contribution in [0, 0.1) is 0 Å². The predicted molar refractivity (Wildman–Crippen MR) is 277 cm³/mol. The molecule has 0 amide bonds. The summed E-state index contributed by atoms with van der Waals surface area (Å²) in [6, 6.07) is 73.1. The molecule has 3 aromatic heterocycles. The monoisotopic (exact) mass is 853 g/mol. The van der Waals surface area contributed by atoms with E-state index < -0.39 is 0 Å². The lowest BCUT2D eigenvalue weighted by Crippen LogP contribution is -2.10. The maximum absolute atomic E-state index is 6.28. The summed E-state index contributed by atoms with van der Waals surface area (Å²) in [5, 5.41) is 7.60. The lowest BCUT2D eigenvalue weighted by atomic mass is 9.87. The van der Waals surface area contributed by atoms with Gasteiger partial charge in [-0.2, -0.15) is 0 Å². The molecule has 0 saturated carbocycles.